The Labute approximate surface area is 176 Å². The summed E-state index contributed by atoms with van der Waals surface area (Å²) in [6.07, 6.45) is 2.60. The fourth-order valence-corrected chi connectivity index (χ4v) is 4.61. The number of carbonyl (C=O) groups excluding carboxylic acids is 1. The maximum atomic E-state index is 12.7. The Bertz CT molecular complexity index is 900. The fourth-order valence-electron chi connectivity index (χ4n) is 2.94. The number of nitrogens with zero attached hydrogens (tertiary/aromatic N) is 1. The standard InChI is InChI=1S/C20H24Cl2N2O3S/c1-14(9-10-16-7-5-4-6-8-16)23-20(25)15(2)24(28(3,26)27)19-12-17(21)11-18(22)13-19/h4-8,11-15H,9-10H2,1-3H3,(H,23,25). The first-order chi connectivity index (χ1) is 13.1. The van der Waals surface area contributed by atoms with Crippen molar-refractivity contribution in [3.05, 3.63) is 64.1 Å². The summed E-state index contributed by atoms with van der Waals surface area (Å²) in [6.45, 7) is 3.43. The average Bonchev–Trinajstić information content (AvgIpc) is 2.59. The van der Waals surface area contributed by atoms with Crippen molar-refractivity contribution in [3.8, 4) is 0 Å². The van der Waals surface area contributed by atoms with Crippen molar-refractivity contribution in [2.75, 3.05) is 10.6 Å². The highest BCUT2D eigenvalue weighted by Gasteiger charge is 2.30. The third-order valence-electron chi connectivity index (χ3n) is 4.29. The van der Waals surface area contributed by atoms with Crippen molar-refractivity contribution in [1.82, 2.24) is 5.32 Å². The minimum Gasteiger partial charge on any atom is -0.352 e. The van der Waals surface area contributed by atoms with Gasteiger partial charge in [-0.3, -0.25) is 9.10 Å². The summed E-state index contributed by atoms with van der Waals surface area (Å²) >= 11 is 12.0. The van der Waals surface area contributed by atoms with Gasteiger partial charge in [-0.1, -0.05) is 53.5 Å². The number of anilines is 1. The zero-order valence-electron chi connectivity index (χ0n) is 16.0. The van der Waals surface area contributed by atoms with E-state index in [1.165, 1.54) is 30.7 Å². The normalized spacial score (nSPS) is 13.6. The number of halogens is 2. The van der Waals surface area contributed by atoms with Gasteiger partial charge in [0.2, 0.25) is 15.9 Å². The summed E-state index contributed by atoms with van der Waals surface area (Å²) in [6, 6.07) is 13.3. The van der Waals surface area contributed by atoms with E-state index in [0.29, 0.717) is 10.0 Å². The van der Waals surface area contributed by atoms with E-state index >= 15 is 0 Å². The molecule has 0 aliphatic heterocycles. The number of nitrogens with one attached hydrogen (secondary N) is 1. The van der Waals surface area contributed by atoms with Crippen LogP contribution in [0.5, 0.6) is 0 Å². The molecule has 0 aromatic heterocycles. The number of sulfonamides is 1. The smallest absolute Gasteiger partial charge is 0.243 e. The number of rotatable bonds is 8. The minimum atomic E-state index is -3.73. The van der Waals surface area contributed by atoms with E-state index < -0.39 is 16.1 Å². The lowest BCUT2D eigenvalue weighted by atomic mass is 10.1. The maximum Gasteiger partial charge on any atom is 0.243 e. The molecule has 0 aliphatic rings. The zero-order valence-corrected chi connectivity index (χ0v) is 18.4. The van der Waals surface area contributed by atoms with Gasteiger partial charge in [-0.15, -0.1) is 0 Å². The van der Waals surface area contributed by atoms with Crippen LogP contribution < -0.4 is 9.62 Å². The molecule has 0 spiro atoms. The van der Waals surface area contributed by atoms with Crippen LogP contribution in [0.4, 0.5) is 5.69 Å². The van der Waals surface area contributed by atoms with Gasteiger partial charge >= 0.3 is 0 Å². The van der Waals surface area contributed by atoms with Crippen molar-refractivity contribution in [3.63, 3.8) is 0 Å². The second kappa shape index (κ2) is 9.63. The van der Waals surface area contributed by atoms with E-state index in [4.69, 9.17) is 23.2 Å². The second-order valence-corrected chi connectivity index (χ2v) is 9.53. The van der Waals surface area contributed by atoms with E-state index in [1.54, 1.807) is 0 Å². The van der Waals surface area contributed by atoms with Crippen LogP contribution in [-0.4, -0.2) is 32.7 Å². The Morgan fingerprint density at radius 1 is 1.07 bits per heavy atom. The van der Waals surface area contributed by atoms with Crippen LogP contribution in [0, 0.1) is 0 Å². The first kappa shape index (κ1) is 22.5. The molecular weight excluding hydrogens is 419 g/mol. The monoisotopic (exact) mass is 442 g/mol. The van der Waals surface area contributed by atoms with Crippen LogP contribution in [0.3, 0.4) is 0 Å². The summed E-state index contributed by atoms with van der Waals surface area (Å²) in [5.74, 6) is -0.387. The van der Waals surface area contributed by atoms with Gasteiger partial charge in [0.05, 0.1) is 11.9 Å². The molecule has 1 N–H and O–H groups in total. The van der Waals surface area contributed by atoms with Crippen LogP contribution in [0.15, 0.2) is 48.5 Å². The fraction of sp³-hybridized carbons (Fsp3) is 0.350. The van der Waals surface area contributed by atoms with Gasteiger partial charge in [-0.05, 0) is 50.5 Å². The molecule has 0 aliphatic carbocycles. The van der Waals surface area contributed by atoms with Gasteiger partial charge in [0.1, 0.15) is 6.04 Å². The Morgan fingerprint density at radius 3 is 2.18 bits per heavy atom. The molecule has 0 heterocycles. The van der Waals surface area contributed by atoms with E-state index in [1.807, 2.05) is 37.3 Å². The van der Waals surface area contributed by atoms with E-state index in [-0.39, 0.29) is 17.6 Å². The van der Waals surface area contributed by atoms with Crippen LogP contribution in [-0.2, 0) is 21.2 Å². The molecule has 5 nitrogen and oxygen atoms in total. The molecule has 2 unspecified atom stereocenters. The quantitative estimate of drug-likeness (QED) is 0.662. The number of hydrogen-bond acceptors (Lipinski definition) is 3. The summed E-state index contributed by atoms with van der Waals surface area (Å²) in [7, 11) is -3.73. The third kappa shape index (κ3) is 6.40. The van der Waals surface area contributed by atoms with Crippen LogP contribution >= 0.6 is 23.2 Å². The molecule has 2 atom stereocenters. The lowest BCUT2D eigenvalue weighted by molar-refractivity contribution is -0.122. The predicted octanol–water partition coefficient (Wildman–Crippen LogP) is 4.29. The highest BCUT2D eigenvalue weighted by Crippen LogP contribution is 2.28. The highest BCUT2D eigenvalue weighted by molar-refractivity contribution is 7.92. The number of hydrogen-bond donors (Lipinski definition) is 1. The lowest BCUT2D eigenvalue weighted by Crippen LogP contribution is -2.50. The number of benzene rings is 2. The molecule has 2 aromatic rings. The molecule has 2 aromatic carbocycles. The third-order valence-corrected chi connectivity index (χ3v) is 5.97. The van der Waals surface area contributed by atoms with Crippen molar-refractivity contribution in [1.29, 1.82) is 0 Å². The molecule has 152 valence electrons. The van der Waals surface area contributed by atoms with Gasteiger partial charge in [0.25, 0.3) is 0 Å². The second-order valence-electron chi connectivity index (χ2n) is 6.80. The van der Waals surface area contributed by atoms with Gasteiger partial charge in [-0.25, -0.2) is 8.42 Å². The first-order valence-electron chi connectivity index (χ1n) is 8.87. The van der Waals surface area contributed by atoms with Crippen molar-refractivity contribution >= 4 is 44.8 Å². The summed E-state index contributed by atoms with van der Waals surface area (Å²) in [5, 5.41) is 3.47. The summed E-state index contributed by atoms with van der Waals surface area (Å²) < 4.78 is 25.7. The molecule has 28 heavy (non-hydrogen) atoms. The van der Waals surface area contributed by atoms with Crippen LogP contribution in [0.25, 0.3) is 0 Å². The Balaban J connectivity index is 2.11. The van der Waals surface area contributed by atoms with Crippen LogP contribution in [0.2, 0.25) is 10.0 Å². The topological polar surface area (TPSA) is 66.5 Å². The Kier molecular flexibility index (Phi) is 7.75. The highest BCUT2D eigenvalue weighted by atomic mass is 35.5. The molecule has 0 saturated carbocycles. The predicted molar refractivity (Wildman–Crippen MR) is 116 cm³/mol. The summed E-state index contributed by atoms with van der Waals surface area (Å²) in [4.78, 5) is 12.7. The molecule has 0 saturated heterocycles. The number of amides is 1. The van der Waals surface area contributed by atoms with Gasteiger partial charge < -0.3 is 5.32 Å². The largest absolute Gasteiger partial charge is 0.352 e. The number of carbonyl (C=O) groups is 1. The molecule has 0 fully saturated rings. The van der Waals surface area contributed by atoms with E-state index in [2.05, 4.69) is 5.32 Å². The lowest BCUT2D eigenvalue weighted by Gasteiger charge is -2.29. The van der Waals surface area contributed by atoms with E-state index in [9.17, 15) is 13.2 Å². The zero-order chi connectivity index (χ0) is 20.9. The van der Waals surface area contributed by atoms with Crippen LogP contribution in [0.1, 0.15) is 25.8 Å². The Hall–Kier alpha value is -1.76. The van der Waals surface area contributed by atoms with Crippen molar-refractivity contribution in [2.45, 2.75) is 38.8 Å². The maximum absolute atomic E-state index is 12.7. The summed E-state index contributed by atoms with van der Waals surface area (Å²) in [5.41, 5.74) is 1.43. The van der Waals surface area contributed by atoms with Gasteiger partial charge in [-0.2, -0.15) is 0 Å². The average molecular weight is 443 g/mol. The van der Waals surface area contributed by atoms with E-state index in [0.717, 1.165) is 23.4 Å². The molecule has 1 amide bonds. The van der Waals surface area contributed by atoms with Crippen molar-refractivity contribution in [2.24, 2.45) is 0 Å². The van der Waals surface area contributed by atoms with Crippen molar-refractivity contribution < 1.29 is 13.2 Å². The molecular formula is C20H24Cl2N2O3S. The van der Waals surface area contributed by atoms with Gasteiger partial charge in [0.15, 0.2) is 0 Å². The Morgan fingerprint density at radius 2 is 1.64 bits per heavy atom. The first-order valence-corrected chi connectivity index (χ1v) is 11.5. The van der Waals surface area contributed by atoms with Gasteiger partial charge in [0, 0.05) is 16.1 Å². The molecule has 0 bridgehead atoms. The number of aryl methyl sites for hydroxylation is 1. The molecule has 0 radical (unpaired) electrons. The molecule has 2 rings (SSSR count). The minimum absolute atomic E-state index is 0.112. The molecule has 8 heteroatoms. The SMILES string of the molecule is CC(CCc1ccccc1)NC(=O)C(C)N(c1cc(Cl)cc(Cl)c1)S(C)(=O)=O.